The Morgan fingerprint density at radius 1 is 0.938 bits per heavy atom. The normalized spacial score (nSPS) is 15.5. The van der Waals surface area contributed by atoms with Gasteiger partial charge in [0.05, 0.1) is 9.79 Å². The zero-order chi connectivity index (χ0) is 23.4. The van der Waals surface area contributed by atoms with Crippen LogP contribution in [0.25, 0.3) is 0 Å². The summed E-state index contributed by atoms with van der Waals surface area (Å²) in [4.78, 5) is 12.5. The molecule has 174 valence electrons. The molecule has 10 heteroatoms. The fraction of sp³-hybridized carbons (Fsp3) is 0.409. The summed E-state index contributed by atoms with van der Waals surface area (Å²) in [6.07, 6.45) is 6.09. The van der Waals surface area contributed by atoms with Crippen LogP contribution >= 0.6 is 0 Å². The van der Waals surface area contributed by atoms with Crippen LogP contribution < -0.4 is 10.1 Å². The van der Waals surface area contributed by atoms with E-state index in [-0.39, 0.29) is 22.4 Å². The molecule has 0 atom stereocenters. The Kier molecular flexibility index (Phi) is 7.58. The summed E-state index contributed by atoms with van der Waals surface area (Å²) < 4.78 is 55.6. The molecule has 0 aromatic heterocycles. The second-order valence-corrected chi connectivity index (χ2v) is 11.9. The molecule has 0 spiro atoms. The monoisotopic (exact) mass is 480 g/mol. The Morgan fingerprint density at radius 2 is 1.50 bits per heavy atom. The van der Waals surface area contributed by atoms with Crippen LogP contribution in [0.4, 0.5) is 5.69 Å². The number of carbonyl (C=O) groups is 1. The fourth-order valence-electron chi connectivity index (χ4n) is 3.65. The van der Waals surface area contributed by atoms with Gasteiger partial charge in [0.15, 0.2) is 16.4 Å². The maximum absolute atomic E-state index is 12.9. The summed E-state index contributed by atoms with van der Waals surface area (Å²) in [5, 5.41) is 2.65. The molecule has 2 aromatic carbocycles. The van der Waals surface area contributed by atoms with Crippen LogP contribution in [0.1, 0.15) is 32.1 Å². The quantitative estimate of drug-likeness (QED) is 0.622. The van der Waals surface area contributed by atoms with Gasteiger partial charge in [-0.2, -0.15) is 4.31 Å². The number of nitrogens with zero attached hydrogens (tertiary/aromatic N) is 1. The molecule has 0 radical (unpaired) electrons. The van der Waals surface area contributed by atoms with Gasteiger partial charge in [-0.1, -0.05) is 19.3 Å². The van der Waals surface area contributed by atoms with Crippen LogP contribution in [0.5, 0.6) is 5.75 Å². The highest BCUT2D eigenvalue weighted by molar-refractivity contribution is 7.90. The lowest BCUT2D eigenvalue weighted by Crippen LogP contribution is -2.38. The van der Waals surface area contributed by atoms with E-state index in [0.29, 0.717) is 11.4 Å². The van der Waals surface area contributed by atoms with Crippen molar-refractivity contribution in [2.24, 2.45) is 0 Å². The summed E-state index contributed by atoms with van der Waals surface area (Å²) in [7, 11) is -5.26. The zero-order valence-corrected chi connectivity index (χ0v) is 19.8. The highest BCUT2D eigenvalue weighted by atomic mass is 32.2. The van der Waals surface area contributed by atoms with Crippen LogP contribution in [0.15, 0.2) is 58.3 Å². The lowest BCUT2D eigenvalue weighted by molar-refractivity contribution is -0.118. The first-order valence-corrected chi connectivity index (χ1v) is 13.7. The minimum Gasteiger partial charge on any atom is -0.484 e. The number of benzene rings is 2. The van der Waals surface area contributed by atoms with Gasteiger partial charge in [0.25, 0.3) is 5.91 Å². The van der Waals surface area contributed by atoms with Gasteiger partial charge in [-0.15, -0.1) is 0 Å². The van der Waals surface area contributed by atoms with Crippen molar-refractivity contribution in [2.75, 3.05) is 25.2 Å². The number of amides is 1. The molecule has 0 aliphatic heterocycles. The first-order chi connectivity index (χ1) is 15.1. The molecule has 1 aliphatic carbocycles. The van der Waals surface area contributed by atoms with E-state index in [1.165, 1.54) is 40.7 Å². The molecule has 1 fully saturated rings. The number of sulfonamides is 1. The van der Waals surface area contributed by atoms with Crippen molar-refractivity contribution in [2.45, 2.75) is 47.9 Å². The maximum atomic E-state index is 12.9. The van der Waals surface area contributed by atoms with E-state index in [2.05, 4.69) is 5.32 Å². The highest BCUT2D eigenvalue weighted by Gasteiger charge is 2.28. The standard InChI is InChI=1S/C22H28N2O6S2/c1-24(18-6-4-3-5-7-18)32(28,29)21-12-8-17(9-13-21)23-22(25)16-30-19-10-14-20(15-11-19)31(2,26)27/h8-15,18H,3-7,16H2,1-2H3,(H,23,25). The predicted octanol–water partition coefficient (Wildman–Crippen LogP) is 3.06. The van der Waals surface area contributed by atoms with E-state index < -0.39 is 25.8 Å². The third-order valence-electron chi connectivity index (χ3n) is 5.53. The van der Waals surface area contributed by atoms with Gasteiger partial charge in [-0.25, -0.2) is 16.8 Å². The van der Waals surface area contributed by atoms with E-state index >= 15 is 0 Å². The van der Waals surface area contributed by atoms with Gasteiger partial charge in [0, 0.05) is 25.0 Å². The Hall–Kier alpha value is -2.43. The topological polar surface area (TPSA) is 110 Å². The molecule has 0 heterocycles. The largest absolute Gasteiger partial charge is 0.484 e. The van der Waals surface area contributed by atoms with Crippen LogP contribution in [0.3, 0.4) is 0 Å². The van der Waals surface area contributed by atoms with E-state index in [1.807, 2.05) is 0 Å². The molecular formula is C22H28N2O6S2. The van der Waals surface area contributed by atoms with Crippen molar-refractivity contribution < 1.29 is 26.4 Å². The van der Waals surface area contributed by atoms with Crippen molar-refractivity contribution >= 4 is 31.5 Å². The van der Waals surface area contributed by atoms with Crippen LogP contribution in [-0.2, 0) is 24.7 Å². The second kappa shape index (κ2) is 10.0. The molecule has 3 rings (SSSR count). The van der Waals surface area contributed by atoms with Crippen molar-refractivity contribution in [1.82, 2.24) is 4.31 Å². The molecule has 0 saturated heterocycles. The van der Waals surface area contributed by atoms with Crippen molar-refractivity contribution in [3.8, 4) is 5.75 Å². The molecule has 0 bridgehead atoms. The molecule has 32 heavy (non-hydrogen) atoms. The number of rotatable bonds is 8. The average Bonchev–Trinajstić information content (AvgIpc) is 2.78. The molecule has 1 saturated carbocycles. The lowest BCUT2D eigenvalue weighted by atomic mass is 9.96. The smallest absolute Gasteiger partial charge is 0.262 e. The zero-order valence-electron chi connectivity index (χ0n) is 18.2. The molecule has 1 N–H and O–H groups in total. The first-order valence-electron chi connectivity index (χ1n) is 10.4. The summed E-state index contributed by atoms with van der Waals surface area (Å²) in [5.74, 6) is -0.0631. The molecule has 1 aliphatic rings. The summed E-state index contributed by atoms with van der Waals surface area (Å²) >= 11 is 0. The number of nitrogens with one attached hydrogen (secondary N) is 1. The van der Waals surface area contributed by atoms with Gasteiger partial charge in [-0.3, -0.25) is 4.79 Å². The lowest BCUT2D eigenvalue weighted by Gasteiger charge is -2.30. The van der Waals surface area contributed by atoms with Gasteiger partial charge < -0.3 is 10.1 Å². The van der Waals surface area contributed by atoms with E-state index in [9.17, 15) is 21.6 Å². The molecule has 1 amide bonds. The van der Waals surface area contributed by atoms with E-state index in [4.69, 9.17) is 4.74 Å². The Morgan fingerprint density at radius 3 is 2.06 bits per heavy atom. The highest BCUT2D eigenvalue weighted by Crippen LogP contribution is 2.27. The first kappa shape index (κ1) is 24.2. The minimum absolute atomic E-state index is 0.0248. The van der Waals surface area contributed by atoms with Crippen LogP contribution in [0, 0.1) is 0 Å². The Balaban J connectivity index is 1.56. The minimum atomic E-state index is -3.59. The van der Waals surface area contributed by atoms with E-state index in [1.54, 1.807) is 19.2 Å². The fourth-order valence-corrected chi connectivity index (χ4v) is 5.69. The third kappa shape index (κ3) is 6.08. The van der Waals surface area contributed by atoms with E-state index in [0.717, 1.165) is 38.4 Å². The van der Waals surface area contributed by atoms with Crippen molar-refractivity contribution in [3.63, 3.8) is 0 Å². The number of hydrogen-bond donors (Lipinski definition) is 1. The summed E-state index contributed by atoms with van der Waals surface area (Å²) in [5.41, 5.74) is 0.449. The third-order valence-corrected chi connectivity index (χ3v) is 8.58. The average molecular weight is 481 g/mol. The van der Waals surface area contributed by atoms with Crippen molar-refractivity contribution in [1.29, 1.82) is 0 Å². The van der Waals surface area contributed by atoms with Crippen LogP contribution in [-0.4, -0.2) is 53.0 Å². The maximum Gasteiger partial charge on any atom is 0.262 e. The SMILES string of the molecule is CN(C1CCCCC1)S(=O)(=O)c1ccc(NC(=O)COc2ccc(S(C)(=O)=O)cc2)cc1. The van der Waals surface area contributed by atoms with Gasteiger partial charge in [-0.05, 0) is 61.4 Å². The van der Waals surface area contributed by atoms with Gasteiger partial charge in [0.1, 0.15) is 5.75 Å². The second-order valence-electron chi connectivity index (χ2n) is 7.92. The summed E-state index contributed by atoms with van der Waals surface area (Å²) in [6.45, 7) is -0.275. The molecular weight excluding hydrogens is 452 g/mol. The van der Waals surface area contributed by atoms with Gasteiger partial charge >= 0.3 is 0 Å². The predicted molar refractivity (Wildman–Crippen MR) is 122 cm³/mol. The van der Waals surface area contributed by atoms with Crippen molar-refractivity contribution in [3.05, 3.63) is 48.5 Å². The molecule has 0 unspecified atom stereocenters. The Labute approximate surface area is 189 Å². The number of carbonyl (C=O) groups excluding carboxylic acids is 1. The number of sulfone groups is 1. The Bertz CT molecular complexity index is 1140. The number of hydrogen-bond acceptors (Lipinski definition) is 6. The summed E-state index contributed by atoms with van der Waals surface area (Å²) in [6, 6.07) is 11.8. The number of anilines is 1. The molecule has 8 nitrogen and oxygen atoms in total. The number of ether oxygens (including phenoxy) is 1. The van der Waals surface area contributed by atoms with Gasteiger partial charge in [0.2, 0.25) is 10.0 Å². The van der Waals surface area contributed by atoms with Crippen LogP contribution in [0.2, 0.25) is 0 Å². The molecule has 2 aromatic rings.